The molecule has 16 heavy (non-hydrogen) atoms. The number of hydrogen-bond acceptors (Lipinski definition) is 3. The number of carbonyl (C=O) groups excluding carboxylic acids is 1. The number of nitrogens with zero attached hydrogens (tertiary/aromatic N) is 1. The maximum absolute atomic E-state index is 11.9. The summed E-state index contributed by atoms with van der Waals surface area (Å²) in [5.74, 6) is 0.868. The average Bonchev–Trinajstić information content (AvgIpc) is 2.86. The van der Waals surface area contributed by atoms with Crippen molar-refractivity contribution in [3.63, 3.8) is 0 Å². The molecule has 1 saturated carbocycles. The first-order valence-electron chi connectivity index (χ1n) is 6.27. The van der Waals surface area contributed by atoms with E-state index in [1.54, 1.807) is 7.11 Å². The zero-order valence-corrected chi connectivity index (χ0v) is 10.2. The molecule has 1 saturated heterocycles. The van der Waals surface area contributed by atoms with Crippen LogP contribution in [0.1, 0.15) is 32.6 Å². The Bertz CT molecular complexity index is 251. The van der Waals surface area contributed by atoms with Crippen molar-refractivity contribution in [2.75, 3.05) is 20.3 Å². The van der Waals surface area contributed by atoms with Crippen molar-refractivity contribution in [2.45, 2.75) is 44.8 Å². The lowest BCUT2D eigenvalue weighted by atomic mass is 10.0. The average molecular weight is 226 g/mol. The standard InChI is InChI=1S/C12H22N2O2/c1-9(8-16-2)14-11(15)7-13-12(14)10-5-3-4-6-10/h9-10,12-13H,3-8H2,1-2H3. The Balaban J connectivity index is 2.02. The largest absolute Gasteiger partial charge is 0.383 e. The lowest BCUT2D eigenvalue weighted by Crippen LogP contribution is -2.48. The molecular formula is C12H22N2O2. The quantitative estimate of drug-likeness (QED) is 0.776. The molecule has 1 N–H and O–H groups in total. The second kappa shape index (κ2) is 5.15. The van der Waals surface area contributed by atoms with E-state index < -0.39 is 0 Å². The summed E-state index contributed by atoms with van der Waals surface area (Å²) in [6, 6.07) is 0.179. The Hall–Kier alpha value is -0.610. The highest BCUT2D eigenvalue weighted by Crippen LogP contribution is 2.31. The molecule has 0 spiro atoms. The molecular weight excluding hydrogens is 204 g/mol. The first kappa shape index (κ1) is 11.9. The molecule has 0 radical (unpaired) electrons. The highest BCUT2D eigenvalue weighted by molar-refractivity contribution is 5.81. The highest BCUT2D eigenvalue weighted by atomic mass is 16.5. The number of methoxy groups -OCH3 is 1. The highest BCUT2D eigenvalue weighted by Gasteiger charge is 2.39. The Kier molecular flexibility index (Phi) is 3.82. The van der Waals surface area contributed by atoms with E-state index in [4.69, 9.17) is 4.74 Å². The van der Waals surface area contributed by atoms with Crippen LogP contribution in [0.4, 0.5) is 0 Å². The van der Waals surface area contributed by atoms with E-state index in [1.165, 1.54) is 25.7 Å². The number of ether oxygens (including phenoxy) is 1. The van der Waals surface area contributed by atoms with Gasteiger partial charge in [0, 0.05) is 7.11 Å². The normalized spacial score (nSPS) is 29.0. The topological polar surface area (TPSA) is 41.6 Å². The zero-order valence-electron chi connectivity index (χ0n) is 10.2. The van der Waals surface area contributed by atoms with Crippen molar-refractivity contribution in [3.05, 3.63) is 0 Å². The Labute approximate surface area is 97.3 Å². The van der Waals surface area contributed by atoms with Crippen molar-refractivity contribution >= 4 is 5.91 Å². The van der Waals surface area contributed by atoms with Gasteiger partial charge in [0.25, 0.3) is 0 Å². The number of nitrogens with one attached hydrogen (secondary N) is 1. The second-order valence-corrected chi connectivity index (χ2v) is 4.98. The van der Waals surface area contributed by atoms with Gasteiger partial charge in [-0.3, -0.25) is 10.1 Å². The summed E-state index contributed by atoms with van der Waals surface area (Å²) in [5.41, 5.74) is 0. The molecule has 1 heterocycles. The zero-order chi connectivity index (χ0) is 11.5. The second-order valence-electron chi connectivity index (χ2n) is 4.98. The fourth-order valence-electron chi connectivity index (χ4n) is 3.05. The molecule has 2 aliphatic rings. The molecule has 0 aromatic heterocycles. The van der Waals surface area contributed by atoms with Crippen molar-refractivity contribution < 1.29 is 9.53 Å². The molecule has 4 nitrogen and oxygen atoms in total. The summed E-state index contributed by atoms with van der Waals surface area (Å²) in [7, 11) is 1.69. The van der Waals surface area contributed by atoms with Gasteiger partial charge in [0.15, 0.2) is 0 Å². The lowest BCUT2D eigenvalue weighted by molar-refractivity contribution is -0.131. The predicted octanol–water partition coefficient (Wildman–Crippen LogP) is 0.969. The van der Waals surface area contributed by atoms with Crippen molar-refractivity contribution in [2.24, 2.45) is 5.92 Å². The maximum atomic E-state index is 11.9. The third-order valence-corrected chi connectivity index (χ3v) is 3.78. The molecule has 2 fully saturated rings. The van der Waals surface area contributed by atoms with E-state index in [1.807, 2.05) is 4.90 Å². The fraction of sp³-hybridized carbons (Fsp3) is 0.917. The van der Waals surface area contributed by atoms with Crippen LogP contribution in [0.2, 0.25) is 0 Å². The molecule has 2 atom stereocenters. The van der Waals surface area contributed by atoms with Crippen LogP contribution in [0, 0.1) is 5.92 Å². The first-order chi connectivity index (χ1) is 7.74. The third-order valence-electron chi connectivity index (χ3n) is 3.78. The van der Waals surface area contributed by atoms with Crippen LogP contribution in [0.25, 0.3) is 0 Å². The number of hydrogen-bond donors (Lipinski definition) is 1. The molecule has 92 valence electrons. The summed E-state index contributed by atoms with van der Waals surface area (Å²) < 4.78 is 5.15. The molecule has 0 bridgehead atoms. The molecule has 2 unspecified atom stereocenters. The number of amides is 1. The van der Waals surface area contributed by atoms with Gasteiger partial charge in [-0.05, 0) is 25.7 Å². The van der Waals surface area contributed by atoms with Crippen LogP contribution in [0.5, 0.6) is 0 Å². The first-order valence-corrected chi connectivity index (χ1v) is 6.27. The summed E-state index contributed by atoms with van der Waals surface area (Å²) in [6.45, 7) is 3.18. The molecule has 1 amide bonds. The maximum Gasteiger partial charge on any atom is 0.238 e. The van der Waals surface area contributed by atoms with Gasteiger partial charge < -0.3 is 9.64 Å². The Morgan fingerprint density at radius 3 is 2.81 bits per heavy atom. The van der Waals surface area contributed by atoms with Crippen LogP contribution in [-0.4, -0.2) is 43.3 Å². The van der Waals surface area contributed by atoms with Crippen molar-refractivity contribution in [3.8, 4) is 0 Å². The molecule has 0 aromatic rings. The van der Waals surface area contributed by atoms with Gasteiger partial charge in [-0.25, -0.2) is 0 Å². The Morgan fingerprint density at radius 1 is 1.50 bits per heavy atom. The van der Waals surface area contributed by atoms with Crippen LogP contribution in [0.15, 0.2) is 0 Å². The molecule has 1 aliphatic heterocycles. The fourth-order valence-corrected chi connectivity index (χ4v) is 3.05. The molecule has 2 rings (SSSR count). The summed E-state index contributed by atoms with van der Waals surface area (Å²) >= 11 is 0. The van der Waals surface area contributed by atoms with Crippen LogP contribution in [0.3, 0.4) is 0 Å². The van der Waals surface area contributed by atoms with Gasteiger partial charge in [-0.1, -0.05) is 12.8 Å². The molecule has 0 aromatic carbocycles. The van der Waals surface area contributed by atoms with E-state index in [0.29, 0.717) is 19.1 Å². The number of rotatable bonds is 4. The van der Waals surface area contributed by atoms with Gasteiger partial charge in [0.1, 0.15) is 0 Å². The van der Waals surface area contributed by atoms with E-state index in [2.05, 4.69) is 12.2 Å². The monoisotopic (exact) mass is 226 g/mol. The van der Waals surface area contributed by atoms with Gasteiger partial charge in [0.2, 0.25) is 5.91 Å². The van der Waals surface area contributed by atoms with Crippen LogP contribution < -0.4 is 5.32 Å². The Morgan fingerprint density at radius 2 is 2.19 bits per heavy atom. The minimum Gasteiger partial charge on any atom is -0.383 e. The van der Waals surface area contributed by atoms with E-state index in [-0.39, 0.29) is 18.1 Å². The summed E-state index contributed by atoms with van der Waals surface area (Å²) in [5, 5.41) is 3.36. The molecule has 1 aliphatic carbocycles. The predicted molar refractivity (Wildman–Crippen MR) is 61.9 cm³/mol. The van der Waals surface area contributed by atoms with E-state index in [0.717, 1.165) is 0 Å². The van der Waals surface area contributed by atoms with Gasteiger partial charge >= 0.3 is 0 Å². The number of carbonyl (C=O) groups is 1. The SMILES string of the molecule is COCC(C)N1C(=O)CNC1C1CCCC1. The summed E-state index contributed by atoms with van der Waals surface area (Å²) in [6.07, 6.45) is 5.37. The van der Waals surface area contributed by atoms with Crippen molar-refractivity contribution in [1.29, 1.82) is 0 Å². The lowest BCUT2D eigenvalue weighted by Gasteiger charge is -2.33. The minimum absolute atomic E-state index is 0.179. The van der Waals surface area contributed by atoms with Gasteiger partial charge in [0.05, 0.1) is 25.4 Å². The van der Waals surface area contributed by atoms with E-state index in [9.17, 15) is 4.79 Å². The third kappa shape index (κ3) is 2.23. The molecule has 4 heteroatoms. The van der Waals surface area contributed by atoms with Gasteiger partial charge in [-0.15, -0.1) is 0 Å². The van der Waals surface area contributed by atoms with Crippen LogP contribution >= 0.6 is 0 Å². The van der Waals surface area contributed by atoms with E-state index >= 15 is 0 Å². The minimum atomic E-state index is 0.179. The van der Waals surface area contributed by atoms with Crippen LogP contribution in [-0.2, 0) is 9.53 Å². The van der Waals surface area contributed by atoms with Crippen molar-refractivity contribution in [1.82, 2.24) is 10.2 Å². The summed E-state index contributed by atoms with van der Waals surface area (Å²) in [4.78, 5) is 13.9. The van der Waals surface area contributed by atoms with Gasteiger partial charge in [-0.2, -0.15) is 0 Å². The smallest absolute Gasteiger partial charge is 0.238 e.